The molecule has 302 valence electrons. The molecular weight excluding hydrogens is 694 g/mol. The second-order valence-corrected chi connectivity index (χ2v) is 24.5. The summed E-state index contributed by atoms with van der Waals surface area (Å²) in [5.74, 6) is 2.71. The fraction of sp³-hybridized carbons (Fsp3) is 0.851. The molecule has 0 bridgehead atoms. The Labute approximate surface area is 327 Å². The van der Waals surface area contributed by atoms with Crippen LogP contribution in [0.2, 0.25) is 0 Å². The highest BCUT2D eigenvalue weighted by Gasteiger charge is 2.70. The quantitative estimate of drug-likeness (QED) is 0.228. The number of nitrogens with one attached hydrogen (secondary N) is 1. The van der Waals surface area contributed by atoms with E-state index in [-0.39, 0.29) is 32.4 Å². The third-order valence-electron chi connectivity index (χ3n) is 19.9. The van der Waals surface area contributed by atoms with Crippen molar-refractivity contribution in [2.75, 3.05) is 19.5 Å². The van der Waals surface area contributed by atoms with Crippen LogP contribution >= 0.6 is 0 Å². The van der Waals surface area contributed by atoms with E-state index in [9.17, 15) is 22.7 Å². The Balaban J connectivity index is 1.02. The number of fused-ring (bicyclic) bond motifs is 8. The van der Waals surface area contributed by atoms with Crippen molar-refractivity contribution in [2.24, 2.45) is 68.0 Å². The zero-order chi connectivity index (χ0) is 38.9. The Hall–Kier alpha value is -1.47. The zero-order valence-electron chi connectivity index (χ0n) is 34.8. The Morgan fingerprint density at radius 3 is 2.31 bits per heavy atom. The lowest BCUT2D eigenvalue weighted by Crippen LogP contribution is -2.68. The highest BCUT2D eigenvalue weighted by Crippen LogP contribution is 2.77. The van der Waals surface area contributed by atoms with Gasteiger partial charge in [-0.05, 0) is 196 Å². The molecule has 5 nitrogen and oxygen atoms in total. The van der Waals surface area contributed by atoms with Crippen LogP contribution in [0.3, 0.4) is 0 Å². The van der Waals surface area contributed by atoms with Gasteiger partial charge in [0, 0.05) is 11.8 Å². The van der Waals surface area contributed by atoms with Crippen molar-refractivity contribution >= 4 is 15.8 Å². The first-order chi connectivity index (χ1) is 25.2. The van der Waals surface area contributed by atoms with Crippen molar-refractivity contribution in [2.45, 2.75) is 161 Å². The van der Waals surface area contributed by atoms with Gasteiger partial charge in [-0.15, -0.1) is 0 Å². The zero-order valence-corrected chi connectivity index (χ0v) is 35.6. The average molecular weight is 766 g/mol. The van der Waals surface area contributed by atoms with Gasteiger partial charge in [-0.3, -0.25) is 4.79 Å². The number of carboxylic acids is 1. The van der Waals surface area contributed by atoms with Crippen molar-refractivity contribution in [1.82, 2.24) is 5.32 Å². The number of alkyl halides is 1. The summed E-state index contributed by atoms with van der Waals surface area (Å²) in [6.45, 7) is 20.2. The maximum Gasteiger partial charge on any atom is 0.312 e. The molecule has 0 aromatic rings. The van der Waals surface area contributed by atoms with Gasteiger partial charge in [-0.2, -0.15) is 0 Å². The average Bonchev–Trinajstić information content (AvgIpc) is 3.70. The summed E-state index contributed by atoms with van der Waals surface area (Å²) in [6.07, 6.45) is 23.9. The number of carbonyl (C=O) groups is 1. The van der Waals surface area contributed by atoms with Crippen LogP contribution in [0, 0.1) is 68.0 Å². The second-order valence-electron chi connectivity index (χ2n) is 22.2. The standard InChI is InChI=1S/C47H72FNO4S/c1-30(2)34-14-22-47(49-26-25-45-21-13-33(54(8,52)53)27-32(45)28-45)24-23-43(6)36(39(34)47)9-10-38-42(5)17-15-35(41(3,4)37(42)16-18-44(38,43)7)31-11-19-46(29-48,20-12-31)40(50)51/h11,15,32-34,36-39,49H,1,9-10,12-14,16-29H2,2-8H3,(H,50,51)/t32?,33-,34-,36+,37-,38+,39+,42-,43+,44+,45-,46-,47-/m0/s1. The van der Waals surface area contributed by atoms with Crippen LogP contribution in [0.25, 0.3) is 0 Å². The number of aliphatic carboxylic acids is 1. The molecule has 8 aliphatic carbocycles. The largest absolute Gasteiger partial charge is 0.481 e. The van der Waals surface area contributed by atoms with Gasteiger partial charge in [-0.25, -0.2) is 12.8 Å². The molecule has 2 N–H and O–H groups in total. The number of allylic oxidation sites excluding steroid dienone is 5. The van der Waals surface area contributed by atoms with Crippen LogP contribution in [0.4, 0.5) is 4.39 Å². The number of hydrogen-bond donors (Lipinski definition) is 2. The predicted octanol–water partition coefficient (Wildman–Crippen LogP) is 10.7. The normalized spacial score (nSPS) is 49.2. The monoisotopic (exact) mass is 766 g/mol. The molecule has 1 unspecified atom stereocenters. The molecule has 0 aliphatic heterocycles. The van der Waals surface area contributed by atoms with Gasteiger partial charge < -0.3 is 10.4 Å². The van der Waals surface area contributed by atoms with Crippen molar-refractivity contribution in [3.05, 3.63) is 35.5 Å². The summed E-state index contributed by atoms with van der Waals surface area (Å²) in [6, 6.07) is 0. The Morgan fingerprint density at radius 1 is 0.926 bits per heavy atom. The molecule has 0 aromatic carbocycles. The highest BCUT2D eigenvalue weighted by molar-refractivity contribution is 7.91. The van der Waals surface area contributed by atoms with Gasteiger partial charge in [0.1, 0.15) is 16.5 Å². The third-order valence-corrected chi connectivity index (χ3v) is 21.5. The topological polar surface area (TPSA) is 83.5 Å². The molecule has 0 aromatic heterocycles. The number of rotatable bonds is 9. The van der Waals surface area contributed by atoms with E-state index in [2.05, 4.69) is 65.6 Å². The van der Waals surface area contributed by atoms with Crippen molar-refractivity contribution in [1.29, 1.82) is 0 Å². The van der Waals surface area contributed by atoms with E-state index < -0.39 is 27.9 Å². The van der Waals surface area contributed by atoms with Crippen LogP contribution in [0.1, 0.15) is 151 Å². The molecular formula is C47H72FNO4S. The molecule has 0 saturated heterocycles. The van der Waals surface area contributed by atoms with Gasteiger partial charge in [0.2, 0.25) is 0 Å². The number of sulfone groups is 1. The van der Waals surface area contributed by atoms with Gasteiger partial charge >= 0.3 is 5.97 Å². The van der Waals surface area contributed by atoms with Gasteiger partial charge in [0.25, 0.3) is 0 Å². The fourth-order valence-corrected chi connectivity index (χ4v) is 17.6. The third kappa shape index (κ3) is 5.54. The van der Waals surface area contributed by atoms with E-state index in [1.54, 1.807) is 0 Å². The van der Waals surface area contributed by atoms with Crippen LogP contribution in [0.5, 0.6) is 0 Å². The summed E-state index contributed by atoms with van der Waals surface area (Å²) in [5.41, 5.74) is 4.11. The van der Waals surface area contributed by atoms with Crippen molar-refractivity contribution in [3.63, 3.8) is 0 Å². The van der Waals surface area contributed by atoms with E-state index in [1.807, 2.05) is 0 Å². The van der Waals surface area contributed by atoms with Crippen molar-refractivity contribution in [3.8, 4) is 0 Å². The number of halogens is 1. The number of carboxylic acid groups (broad SMARTS) is 1. The first kappa shape index (κ1) is 39.4. The fourth-order valence-electron chi connectivity index (χ4n) is 16.5. The molecule has 7 heteroatoms. The molecule has 13 atom stereocenters. The minimum absolute atomic E-state index is 0.0108. The van der Waals surface area contributed by atoms with E-state index in [4.69, 9.17) is 0 Å². The minimum Gasteiger partial charge on any atom is -0.481 e. The molecule has 54 heavy (non-hydrogen) atoms. The molecule has 6 saturated carbocycles. The van der Waals surface area contributed by atoms with Gasteiger partial charge in [-0.1, -0.05) is 58.9 Å². The van der Waals surface area contributed by atoms with Crippen LogP contribution in [-0.2, 0) is 14.6 Å². The minimum atomic E-state index is -2.94. The maximum atomic E-state index is 14.0. The molecule has 0 amide bonds. The molecule has 8 rings (SSSR count). The highest BCUT2D eigenvalue weighted by atomic mass is 32.2. The molecule has 6 fully saturated rings. The van der Waals surface area contributed by atoms with Gasteiger partial charge in [0.15, 0.2) is 0 Å². The van der Waals surface area contributed by atoms with Crippen LogP contribution in [-0.4, -0.2) is 49.8 Å². The lowest BCUT2D eigenvalue weighted by Gasteiger charge is -2.72. The van der Waals surface area contributed by atoms with E-state index >= 15 is 0 Å². The summed E-state index contributed by atoms with van der Waals surface area (Å²) in [7, 11) is -2.94. The first-order valence-electron chi connectivity index (χ1n) is 22.0. The summed E-state index contributed by atoms with van der Waals surface area (Å²) in [4.78, 5) is 12.0. The summed E-state index contributed by atoms with van der Waals surface area (Å²) < 4.78 is 38.6. The van der Waals surface area contributed by atoms with E-state index in [0.717, 1.165) is 32.2 Å². The second kappa shape index (κ2) is 12.8. The van der Waals surface area contributed by atoms with Gasteiger partial charge in [0.05, 0.1) is 10.7 Å². The number of hydrogen-bond acceptors (Lipinski definition) is 4. The maximum absolute atomic E-state index is 14.0. The molecule has 8 aliphatic rings. The van der Waals surface area contributed by atoms with E-state index in [1.165, 1.54) is 87.2 Å². The van der Waals surface area contributed by atoms with Crippen LogP contribution < -0.4 is 5.32 Å². The summed E-state index contributed by atoms with van der Waals surface area (Å²) >= 11 is 0. The smallest absolute Gasteiger partial charge is 0.312 e. The molecule has 0 heterocycles. The molecule has 0 spiro atoms. The van der Waals surface area contributed by atoms with E-state index in [0.29, 0.717) is 60.2 Å². The Kier molecular flexibility index (Phi) is 9.30. The molecule has 0 radical (unpaired) electrons. The first-order valence-corrected chi connectivity index (χ1v) is 24.0. The SMILES string of the molecule is C=C(C)[C@@H]1CC[C@]2(NCC[C@]34CC[C@H](S(C)(=O)=O)CC3C4)CC[C@]3(C)[C@H](CC[C@@H]4[C@@]5(C)CC=C(C6=CC[C@](CF)(C(=O)O)CC6)C(C)(C)[C@@H]5CC[C@]43C)[C@@H]12. The lowest BCUT2D eigenvalue weighted by atomic mass is 9.33. The Morgan fingerprint density at radius 2 is 1.69 bits per heavy atom. The Bertz CT molecular complexity index is 1750. The van der Waals surface area contributed by atoms with Crippen molar-refractivity contribution < 1.29 is 22.7 Å². The summed E-state index contributed by atoms with van der Waals surface area (Å²) in [5, 5.41) is 14.1. The lowest BCUT2D eigenvalue weighted by molar-refractivity contribution is -0.221. The van der Waals surface area contributed by atoms with Crippen LogP contribution in [0.15, 0.2) is 35.5 Å². The predicted molar refractivity (Wildman–Crippen MR) is 216 cm³/mol.